The molecule has 1 aromatic carbocycles. The maximum atomic E-state index is 11.9. The number of rotatable bonds is 4. The summed E-state index contributed by atoms with van der Waals surface area (Å²) in [7, 11) is 0. The number of aryl methyl sites for hydroxylation is 2. The molecule has 0 radical (unpaired) electrons. The predicted molar refractivity (Wildman–Crippen MR) is 74.4 cm³/mol. The van der Waals surface area contributed by atoms with E-state index in [1.807, 2.05) is 0 Å². The van der Waals surface area contributed by atoms with Gasteiger partial charge in [-0.05, 0) is 37.6 Å². The van der Waals surface area contributed by atoms with Crippen molar-refractivity contribution in [3.05, 3.63) is 52.5 Å². The number of aromatic carboxylic acids is 1. The largest absolute Gasteiger partial charge is 0.507 e. The molecule has 21 heavy (non-hydrogen) atoms. The van der Waals surface area contributed by atoms with Crippen LogP contribution in [-0.4, -0.2) is 22.1 Å². The van der Waals surface area contributed by atoms with Crippen LogP contribution in [0.5, 0.6) is 5.75 Å². The number of carboxylic acids is 1. The molecule has 6 heteroatoms. The van der Waals surface area contributed by atoms with Crippen molar-refractivity contribution in [3.63, 3.8) is 0 Å². The Balaban J connectivity index is 2.07. The molecule has 1 heterocycles. The van der Waals surface area contributed by atoms with Gasteiger partial charge in [0.15, 0.2) is 0 Å². The molecule has 0 spiro atoms. The van der Waals surface area contributed by atoms with Crippen LogP contribution in [0.2, 0.25) is 0 Å². The number of hydrogen-bond acceptors (Lipinski definition) is 4. The van der Waals surface area contributed by atoms with Crippen LogP contribution in [-0.2, 0) is 6.54 Å². The lowest BCUT2D eigenvalue weighted by Gasteiger charge is -2.06. The van der Waals surface area contributed by atoms with Crippen molar-refractivity contribution in [3.8, 4) is 5.75 Å². The van der Waals surface area contributed by atoms with Crippen LogP contribution in [0.1, 0.15) is 37.8 Å². The van der Waals surface area contributed by atoms with Gasteiger partial charge < -0.3 is 19.9 Å². The molecular weight excluding hydrogens is 274 g/mol. The lowest BCUT2D eigenvalue weighted by Crippen LogP contribution is -2.22. The van der Waals surface area contributed by atoms with Gasteiger partial charge in [0.25, 0.3) is 5.91 Å². The highest BCUT2D eigenvalue weighted by Crippen LogP contribution is 2.19. The predicted octanol–water partition coefficient (Wildman–Crippen LogP) is 2.23. The maximum Gasteiger partial charge on any atom is 0.339 e. The van der Waals surface area contributed by atoms with Crippen molar-refractivity contribution in [2.75, 3.05) is 0 Å². The fourth-order valence-electron chi connectivity index (χ4n) is 1.94. The molecule has 0 saturated carbocycles. The van der Waals surface area contributed by atoms with E-state index in [0.29, 0.717) is 5.76 Å². The molecule has 0 aliphatic rings. The molecule has 2 aromatic rings. The number of carbonyl (C=O) groups excluding carboxylic acids is 1. The molecule has 6 nitrogen and oxygen atoms in total. The Morgan fingerprint density at radius 2 is 1.90 bits per heavy atom. The van der Waals surface area contributed by atoms with Gasteiger partial charge in [-0.2, -0.15) is 0 Å². The molecule has 3 N–H and O–H groups in total. The highest BCUT2D eigenvalue weighted by Gasteiger charge is 2.15. The first-order valence-electron chi connectivity index (χ1n) is 6.29. The van der Waals surface area contributed by atoms with Crippen molar-refractivity contribution in [1.29, 1.82) is 0 Å². The van der Waals surface area contributed by atoms with E-state index in [4.69, 9.17) is 9.52 Å². The third kappa shape index (κ3) is 3.22. The first kappa shape index (κ1) is 14.6. The summed E-state index contributed by atoms with van der Waals surface area (Å²) in [6, 6.07) is 6.10. The lowest BCUT2D eigenvalue weighted by molar-refractivity contribution is 0.0694. The molecule has 0 saturated heterocycles. The number of aromatic hydroxyl groups is 1. The van der Waals surface area contributed by atoms with E-state index in [0.717, 1.165) is 5.56 Å². The number of hydrogen-bond donors (Lipinski definition) is 3. The zero-order chi connectivity index (χ0) is 15.6. The van der Waals surface area contributed by atoms with Crippen molar-refractivity contribution < 1.29 is 24.2 Å². The molecule has 0 unspecified atom stereocenters. The molecule has 1 aromatic heterocycles. The number of amides is 1. The average molecular weight is 289 g/mol. The zero-order valence-corrected chi connectivity index (χ0v) is 11.6. The number of phenols is 1. The molecule has 0 atom stereocenters. The van der Waals surface area contributed by atoms with Crippen LogP contribution in [0.3, 0.4) is 0 Å². The number of carbonyl (C=O) groups is 2. The van der Waals surface area contributed by atoms with Gasteiger partial charge in [0.2, 0.25) is 0 Å². The van der Waals surface area contributed by atoms with E-state index in [9.17, 15) is 14.7 Å². The van der Waals surface area contributed by atoms with Crippen LogP contribution in [0.4, 0.5) is 0 Å². The van der Waals surface area contributed by atoms with Gasteiger partial charge in [0.05, 0.1) is 12.1 Å². The highest BCUT2D eigenvalue weighted by molar-refractivity contribution is 5.96. The van der Waals surface area contributed by atoms with Gasteiger partial charge in [-0.1, -0.05) is 6.07 Å². The van der Waals surface area contributed by atoms with E-state index in [1.54, 1.807) is 19.9 Å². The summed E-state index contributed by atoms with van der Waals surface area (Å²) >= 11 is 0. The minimum atomic E-state index is -1.08. The molecule has 2 rings (SSSR count). The zero-order valence-electron chi connectivity index (χ0n) is 11.6. The van der Waals surface area contributed by atoms with Crippen molar-refractivity contribution in [1.82, 2.24) is 5.32 Å². The Morgan fingerprint density at radius 3 is 2.48 bits per heavy atom. The van der Waals surface area contributed by atoms with Gasteiger partial charge in [-0.3, -0.25) is 4.79 Å². The van der Waals surface area contributed by atoms with Crippen LogP contribution in [0.25, 0.3) is 0 Å². The molecule has 0 bridgehead atoms. The summed E-state index contributed by atoms with van der Waals surface area (Å²) in [5.41, 5.74) is 1.07. The molecule has 1 amide bonds. The van der Waals surface area contributed by atoms with Crippen molar-refractivity contribution in [2.24, 2.45) is 0 Å². The second-order valence-electron chi connectivity index (χ2n) is 4.69. The molecule has 110 valence electrons. The van der Waals surface area contributed by atoms with Gasteiger partial charge in [0, 0.05) is 0 Å². The van der Waals surface area contributed by atoms with Gasteiger partial charge >= 0.3 is 5.97 Å². The fraction of sp³-hybridized carbons (Fsp3) is 0.200. The minimum Gasteiger partial charge on any atom is -0.507 e. The Morgan fingerprint density at radius 1 is 1.19 bits per heavy atom. The topological polar surface area (TPSA) is 99.8 Å². The fourth-order valence-corrected chi connectivity index (χ4v) is 1.94. The number of phenolic OH excluding ortho intramolecular Hbond substituents is 1. The van der Waals surface area contributed by atoms with Crippen LogP contribution in [0.15, 0.2) is 28.7 Å². The van der Waals surface area contributed by atoms with Gasteiger partial charge in [-0.15, -0.1) is 0 Å². The first-order valence-corrected chi connectivity index (χ1v) is 6.29. The van der Waals surface area contributed by atoms with Crippen molar-refractivity contribution in [2.45, 2.75) is 20.4 Å². The minimum absolute atomic E-state index is 0.0419. The Hall–Kier alpha value is -2.76. The van der Waals surface area contributed by atoms with Crippen LogP contribution in [0, 0.1) is 13.8 Å². The Bertz CT molecular complexity index is 702. The summed E-state index contributed by atoms with van der Waals surface area (Å²) in [6.07, 6.45) is 0. The standard InChI is InChI=1S/C15H15NO5/c1-8-3-4-11(13(17)5-8)14(18)16-7-10-6-12(15(19)20)9(2)21-10/h3-6,17H,7H2,1-2H3,(H,16,18)(H,19,20). The monoisotopic (exact) mass is 289 g/mol. The molecule has 0 aliphatic heterocycles. The van der Waals surface area contributed by atoms with E-state index in [-0.39, 0.29) is 29.2 Å². The van der Waals surface area contributed by atoms with Gasteiger partial charge in [-0.25, -0.2) is 4.79 Å². The molecule has 0 fully saturated rings. The highest BCUT2D eigenvalue weighted by atomic mass is 16.4. The van der Waals surface area contributed by atoms with Crippen molar-refractivity contribution >= 4 is 11.9 Å². The Labute approximate surface area is 121 Å². The maximum absolute atomic E-state index is 11.9. The third-order valence-corrected chi connectivity index (χ3v) is 3.02. The van der Waals surface area contributed by atoms with E-state index in [2.05, 4.69) is 5.32 Å². The number of furan rings is 1. The molecular formula is C15H15NO5. The van der Waals surface area contributed by atoms with E-state index >= 15 is 0 Å². The second-order valence-corrected chi connectivity index (χ2v) is 4.69. The van der Waals surface area contributed by atoms with E-state index in [1.165, 1.54) is 18.2 Å². The second kappa shape index (κ2) is 5.70. The quantitative estimate of drug-likeness (QED) is 0.801. The number of benzene rings is 1. The van der Waals surface area contributed by atoms with E-state index < -0.39 is 11.9 Å². The first-order chi connectivity index (χ1) is 9.88. The summed E-state index contributed by atoms with van der Waals surface area (Å²) in [5.74, 6) is -1.02. The summed E-state index contributed by atoms with van der Waals surface area (Å²) in [4.78, 5) is 22.8. The number of nitrogens with one attached hydrogen (secondary N) is 1. The SMILES string of the molecule is Cc1ccc(C(=O)NCc2cc(C(=O)O)c(C)o2)c(O)c1. The normalized spacial score (nSPS) is 10.4. The van der Waals surface area contributed by atoms with Crippen LogP contribution >= 0.6 is 0 Å². The summed E-state index contributed by atoms with van der Waals surface area (Å²) in [5, 5.41) is 21.2. The van der Waals surface area contributed by atoms with Gasteiger partial charge in [0.1, 0.15) is 22.8 Å². The third-order valence-electron chi connectivity index (χ3n) is 3.02. The summed E-state index contributed by atoms with van der Waals surface area (Å²) < 4.78 is 5.25. The Kier molecular flexibility index (Phi) is 3.98. The smallest absolute Gasteiger partial charge is 0.339 e. The number of carboxylic acid groups (broad SMARTS) is 1. The van der Waals surface area contributed by atoms with Crippen LogP contribution < -0.4 is 5.32 Å². The molecule has 0 aliphatic carbocycles. The average Bonchev–Trinajstić information content (AvgIpc) is 2.77. The summed E-state index contributed by atoms with van der Waals surface area (Å²) in [6.45, 7) is 3.39. The lowest BCUT2D eigenvalue weighted by atomic mass is 10.1.